The molecule has 1 heterocycles. The summed E-state index contributed by atoms with van der Waals surface area (Å²) in [6, 6.07) is 0.767. The van der Waals surface area contributed by atoms with Crippen LogP contribution in [0.2, 0.25) is 0 Å². The van der Waals surface area contributed by atoms with Crippen LogP contribution in [0.5, 0.6) is 0 Å². The summed E-state index contributed by atoms with van der Waals surface area (Å²) in [7, 11) is 0. The lowest BCUT2D eigenvalue weighted by Gasteiger charge is -2.32. The van der Waals surface area contributed by atoms with Gasteiger partial charge < -0.3 is 15.4 Å². The number of ether oxygens (including phenoxy) is 1. The molecule has 3 saturated carbocycles. The van der Waals surface area contributed by atoms with Crippen molar-refractivity contribution in [3.05, 3.63) is 0 Å². The third-order valence-corrected chi connectivity index (χ3v) is 6.14. The molecule has 0 aromatic carbocycles. The maximum atomic E-state index is 12.3. The van der Waals surface area contributed by atoms with Crippen LogP contribution >= 0.6 is 0 Å². The van der Waals surface area contributed by atoms with Gasteiger partial charge in [0.25, 0.3) is 0 Å². The topological polar surface area (TPSA) is 50.4 Å². The van der Waals surface area contributed by atoms with E-state index in [0.29, 0.717) is 18.2 Å². The number of hydrogen-bond acceptors (Lipinski definition) is 2. The van der Waals surface area contributed by atoms with Gasteiger partial charge in [-0.3, -0.25) is 0 Å². The fourth-order valence-electron chi connectivity index (χ4n) is 4.52. The van der Waals surface area contributed by atoms with E-state index in [1.807, 2.05) is 0 Å². The molecule has 2 N–H and O–H groups in total. The molecule has 4 fully saturated rings. The number of carbonyl (C=O) groups excluding carboxylic acids is 1. The summed E-state index contributed by atoms with van der Waals surface area (Å²) in [5, 5.41) is 6.46. The Labute approximate surface area is 133 Å². The molecular weight excluding hydrogens is 276 g/mol. The second-order valence-corrected chi connectivity index (χ2v) is 8.05. The number of hydrogen-bond donors (Lipinski definition) is 2. The van der Waals surface area contributed by atoms with Crippen LogP contribution in [-0.4, -0.2) is 30.8 Å². The minimum absolute atomic E-state index is 0.0582. The minimum Gasteiger partial charge on any atom is -0.378 e. The zero-order valence-corrected chi connectivity index (χ0v) is 13.6. The molecule has 4 atom stereocenters. The SMILES string of the molecule is O=C(N[C@@H]1CCC[C@H](C2CC2)C1)N[C@H]1CCO[C@@H](C2CC2)C1. The van der Waals surface area contributed by atoms with Gasteiger partial charge in [0.2, 0.25) is 0 Å². The lowest BCUT2D eigenvalue weighted by Crippen LogP contribution is -2.50. The molecule has 124 valence electrons. The van der Waals surface area contributed by atoms with E-state index in [1.165, 1.54) is 44.9 Å². The maximum Gasteiger partial charge on any atom is 0.315 e. The predicted octanol–water partition coefficient (Wildman–Crippen LogP) is 3.21. The van der Waals surface area contributed by atoms with Crippen molar-refractivity contribution < 1.29 is 9.53 Å². The summed E-state index contributed by atoms with van der Waals surface area (Å²) in [6.45, 7) is 0.805. The van der Waals surface area contributed by atoms with Crippen molar-refractivity contribution in [1.29, 1.82) is 0 Å². The van der Waals surface area contributed by atoms with E-state index < -0.39 is 0 Å². The molecule has 1 aliphatic heterocycles. The van der Waals surface area contributed by atoms with E-state index >= 15 is 0 Å². The van der Waals surface area contributed by atoms with Crippen LogP contribution < -0.4 is 10.6 Å². The van der Waals surface area contributed by atoms with E-state index in [9.17, 15) is 4.79 Å². The van der Waals surface area contributed by atoms with Crippen molar-refractivity contribution in [1.82, 2.24) is 10.6 Å². The van der Waals surface area contributed by atoms with Crippen LogP contribution in [0, 0.1) is 17.8 Å². The Morgan fingerprint density at radius 3 is 2.23 bits per heavy atom. The Kier molecular flexibility index (Phi) is 4.29. The summed E-state index contributed by atoms with van der Waals surface area (Å²) >= 11 is 0. The molecule has 0 unspecified atom stereocenters. The first-order valence-corrected chi connectivity index (χ1v) is 9.46. The molecular formula is C18H30N2O2. The third kappa shape index (κ3) is 3.76. The third-order valence-electron chi connectivity index (χ3n) is 6.14. The van der Waals surface area contributed by atoms with Crippen molar-refractivity contribution in [2.75, 3.05) is 6.61 Å². The van der Waals surface area contributed by atoms with Gasteiger partial charge in [-0.15, -0.1) is 0 Å². The highest BCUT2D eigenvalue weighted by Crippen LogP contribution is 2.44. The lowest BCUT2D eigenvalue weighted by atomic mass is 9.83. The van der Waals surface area contributed by atoms with Crippen LogP contribution in [0.25, 0.3) is 0 Å². The van der Waals surface area contributed by atoms with E-state index in [0.717, 1.165) is 43.6 Å². The van der Waals surface area contributed by atoms with Crippen LogP contribution in [-0.2, 0) is 4.74 Å². The second kappa shape index (κ2) is 6.38. The minimum atomic E-state index is 0.0582. The largest absolute Gasteiger partial charge is 0.378 e. The zero-order chi connectivity index (χ0) is 14.9. The standard InChI is InChI=1S/C18H30N2O2/c21-18(19-15-3-1-2-14(10-15)12-4-5-12)20-16-8-9-22-17(11-16)13-6-7-13/h12-17H,1-11H2,(H2,19,20,21)/t14-,15+,16-,17+/m0/s1. The average Bonchev–Trinajstić information content (AvgIpc) is 3.41. The van der Waals surface area contributed by atoms with Gasteiger partial charge in [0.15, 0.2) is 0 Å². The second-order valence-electron chi connectivity index (χ2n) is 8.05. The number of urea groups is 1. The number of amides is 2. The smallest absolute Gasteiger partial charge is 0.315 e. The molecule has 2 amide bonds. The molecule has 0 aromatic heterocycles. The highest BCUT2D eigenvalue weighted by Gasteiger charge is 2.37. The van der Waals surface area contributed by atoms with Crippen molar-refractivity contribution in [2.24, 2.45) is 17.8 Å². The molecule has 4 aliphatic rings. The van der Waals surface area contributed by atoms with Crippen molar-refractivity contribution >= 4 is 6.03 Å². The van der Waals surface area contributed by atoms with E-state index in [2.05, 4.69) is 10.6 Å². The summed E-state index contributed by atoms with van der Waals surface area (Å²) in [5.74, 6) is 2.62. The molecule has 4 nitrogen and oxygen atoms in total. The average molecular weight is 306 g/mol. The molecule has 0 aromatic rings. The van der Waals surface area contributed by atoms with Gasteiger partial charge in [0.1, 0.15) is 0 Å². The van der Waals surface area contributed by atoms with Gasteiger partial charge in [-0.25, -0.2) is 4.79 Å². The molecule has 1 saturated heterocycles. The van der Waals surface area contributed by atoms with Gasteiger partial charge in [-0.05, 0) is 69.1 Å². The molecule has 0 bridgehead atoms. The van der Waals surface area contributed by atoms with Gasteiger partial charge in [0.05, 0.1) is 6.10 Å². The summed E-state index contributed by atoms with van der Waals surface area (Å²) in [5.41, 5.74) is 0. The van der Waals surface area contributed by atoms with Crippen LogP contribution in [0.1, 0.15) is 64.2 Å². The lowest BCUT2D eigenvalue weighted by molar-refractivity contribution is -0.00921. The normalized spacial score (nSPS) is 39.3. The van der Waals surface area contributed by atoms with Gasteiger partial charge in [-0.1, -0.05) is 12.8 Å². The highest BCUT2D eigenvalue weighted by atomic mass is 16.5. The number of carbonyl (C=O) groups is 1. The summed E-state index contributed by atoms with van der Waals surface area (Å²) < 4.78 is 5.84. The van der Waals surface area contributed by atoms with Gasteiger partial charge in [-0.2, -0.15) is 0 Å². The molecule has 0 radical (unpaired) electrons. The molecule has 0 spiro atoms. The Balaban J connectivity index is 1.21. The Morgan fingerprint density at radius 2 is 1.50 bits per heavy atom. The Hall–Kier alpha value is -0.770. The first kappa shape index (κ1) is 14.8. The van der Waals surface area contributed by atoms with E-state index in [-0.39, 0.29) is 6.03 Å². The fourth-order valence-corrected chi connectivity index (χ4v) is 4.52. The van der Waals surface area contributed by atoms with E-state index in [4.69, 9.17) is 4.74 Å². The van der Waals surface area contributed by atoms with Crippen molar-refractivity contribution in [2.45, 2.75) is 82.4 Å². The number of rotatable bonds is 4. The fraction of sp³-hybridized carbons (Fsp3) is 0.944. The van der Waals surface area contributed by atoms with E-state index in [1.54, 1.807) is 0 Å². The zero-order valence-electron chi connectivity index (χ0n) is 13.6. The number of nitrogens with one attached hydrogen (secondary N) is 2. The van der Waals surface area contributed by atoms with Crippen LogP contribution in [0.3, 0.4) is 0 Å². The molecule has 4 rings (SSSR count). The monoisotopic (exact) mass is 306 g/mol. The summed E-state index contributed by atoms with van der Waals surface area (Å²) in [4.78, 5) is 12.3. The van der Waals surface area contributed by atoms with Gasteiger partial charge in [0, 0.05) is 18.7 Å². The van der Waals surface area contributed by atoms with Crippen molar-refractivity contribution in [3.8, 4) is 0 Å². The van der Waals surface area contributed by atoms with Crippen LogP contribution in [0.4, 0.5) is 4.79 Å². The first-order chi connectivity index (χ1) is 10.8. The molecule has 3 aliphatic carbocycles. The molecule has 4 heteroatoms. The maximum absolute atomic E-state index is 12.3. The quantitative estimate of drug-likeness (QED) is 0.838. The Bertz CT molecular complexity index is 370. The molecule has 22 heavy (non-hydrogen) atoms. The van der Waals surface area contributed by atoms with Crippen molar-refractivity contribution in [3.63, 3.8) is 0 Å². The summed E-state index contributed by atoms with van der Waals surface area (Å²) in [6.07, 6.45) is 12.9. The first-order valence-electron chi connectivity index (χ1n) is 9.46. The Morgan fingerprint density at radius 1 is 0.773 bits per heavy atom. The predicted molar refractivity (Wildman–Crippen MR) is 85.6 cm³/mol. The van der Waals surface area contributed by atoms with Crippen LogP contribution in [0.15, 0.2) is 0 Å². The highest BCUT2D eigenvalue weighted by molar-refractivity contribution is 5.74. The van der Waals surface area contributed by atoms with Gasteiger partial charge >= 0.3 is 6.03 Å².